The molecule has 0 unspecified atom stereocenters. The van der Waals surface area contributed by atoms with Crippen molar-refractivity contribution in [1.29, 1.82) is 0 Å². The van der Waals surface area contributed by atoms with Gasteiger partial charge >= 0.3 is 11.9 Å². The Labute approximate surface area is 153 Å². The molecule has 1 fully saturated rings. The Morgan fingerprint density at radius 1 is 0.962 bits per heavy atom. The molecule has 7 nitrogen and oxygen atoms in total. The second-order valence-electron chi connectivity index (χ2n) is 6.11. The first kappa shape index (κ1) is 19.8. The van der Waals surface area contributed by atoms with Crippen LogP contribution in [0.4, 0.5) is 11.4 Å². The molecule has 142 valence electrons. The number of rotatable bonds is 8. The number of piperidine rings is 1. The molecule has 2 rings (SSSR count). The lowest BCUT2D eigenvalue weighted by Crippen LogP contribution is -2.29. The van der Waals surface area contributed by atoms with Crippen LogP contribution in [0.3, 0.4) is 0 Å². The SMILES string of the molecule is CCOC(=O)CCC(=O)OCC(=O)Nc1ccc(N2CCCCC2)cc1. The second kappa shape index (κ2) is 10.4. The minimum absolute atomic E-state index is 0.0494. The van der Waals surface area contributed by atoms with Gasteiger partial charge in [0.15, 0.2) is 6.61 Å². The summed E-state index contributed by atoms with van der Waals surface area (Å²) in [6, 6.07) is 7.63. The van der Waals surface area contributed by atoms with Gasteiger partial charge in [-0.1, -0.05) is 0 Å². The predicted molar refractivity (Wildman–Crippen MR) is 98.0 cm³/mol. The highest BCUT2D eigenvalue weighted by Crippen LogP contribution is 2.21. The van der Waals surface area contributed by atoms with E-state index in [4.69, 9.17) is 9.47 Å². The summed E-state index contributed by atoms with van der Waals surface area (Å²) < 4.78 is 9.58. The Hall–Kier alpha value is -2.57. The fourth-order valence-corrected chi connectivity index (χ4v) is 2.76. The summed E-state index contributed by atoms with van der Waals surface area (Å²) in [5, 5.41) is 2.69. The standard InChI is InChI=1S/C19H26N2O5/c1-2-25-18(23)10-11-19(24)26-14-17(22)20-15-6-8-16(9-7-15)21-12-4-3-5-13-21/h6-9H,2-5,10-14H2,1H3,(H,20,22). The van der Waals surface area contributed by atoms with Crippen molar-refractivity contribution >= 4 is 29.2 Å². The Kier molecular flexibility index (Phi) is 7.92. The molecule has 7 heteroatoms. The number of esters is 2. The summed E-state index contributed by atoms with van der Waals surface area (Å²) in [6.45, 7) is 3.71. The van der Waals surface area contributed by atoms with E-state index in [-0.39, 0.29) is 26.1 Å². The third-order valence-electron chi connectivity index (χ3n) is 4.08. The maximum atomic E-state index is 11.9. The molecule has 0 saturated carbocycles. The molecule has 1 saturated heterocycles. The minimum atomic E-state index is -0.603. The Balaban J connectivity index is 1.70. The lowest BCUT2D eigenvalue weighted by atomic mass is 10.1. The smallest absolute Gasteiger partial charge is 0.306 e. The van der Waals surface area contributed by atoms with Crippen LogP contribution in [0.25, 0.3) is 0 Å². The maximum Gasteiger partial charge on any atom is 0.306 e. The van der Waals surface area contributed by atoms with Crippen molar-refractivity contribution in [3.8, 4) is 0 Å². The lowest BCUT2D eigenvalue weighted by molar-refractivity contribution is -0.151. The fraction of sp³-hybridized carbons (Fsp3) is 0.526. The molecule has 1 aliphatic heterocycles. The van der Waals surface area contributed by atoms with Gasteiger partial charge in [-0.05, 0) is 50.5 Å². The van der Waals surface area contributed by atoms with E-state index < -0.39 is 17.8 Å². The number of hydrogen-bond donors (Lipinski definition) is 1. The van der Waals surface area contributed by atoms with E-state index in [9.17, 15) is 14.4 Å². The number of nitrogens with one attached hydrogen (secondary N) is 1. The molecule has 1 aromatic rings. The largest absolute Gasteiger partial charge is 0.466 e. The molecule has 0 aromatic heterocycles. The van der Waals surface area contributed by atoms with Crippen LogP contribution in [0.2, 0.25) is 0 Å². The average molecular weight is 362 g/mol. The highest BCUT2D eigenvalue weighted by molar-refractivity contribution is 5.93. The Morgan fingerprint density at radius 3 is 2.19 bits per heavy atom. The zero-order chi connectivity index (χ0) is 18.8. The summed E-state index contributed by atoms with van der Waals surface area (Å²) in [4.78, 5) is 36.9. The van der Waals surface area contributed by atoms with Gasteiger partial charge in [0, 0.05) is 24.5 Å². The van der Waals surface area contributed by atoms with Gasteiger partial charge in [-0.3, -0.25) is 14.4 Å². The van der Waals surface area contributed by atoms with E-state index in [0.29, 0.717) is 5.69 Å². The van der Waals surface area contributed by atoms with Gasteiger partial charge in [-0.2, -0.15) is 0 Å². The van der Waals surface area contributed by atoms with Crippen molar-refractivity contribution in [3.05, 3.63) is 24.3 Å². The molecule has 0 aliphatic carbocycles. The number of anilines is 2. The number of nitrogens with zero attached hydrogens (tertiary/aromatic N) is 1. The second-order valence-corrected chi connectivity index (χ2v) is 6.11. The normalized spacial score (nSPS) is 13.8. The van der Waals surface area contributed by atoms with Crippen LogP contribution in [-0.4, -0.2) is 44.1 Å². The first-order valence-corrected chi connectivity index (χ1v) is 9.04. The van der Waals surface area contributed by atoms with Crippen molar-refractivity contribution in [2.75, 3.05) is 36.5 Å². The molecule has 0 atom stereocenters. The van der Waals surface area contributed by atoms with E-state index in [1.54, 1.807) is 6.92 Å². The zero-order valence-electron chi connectivity index (χ0n) is 15.2. The van der Waals surface area contributed by atoms with Crippen LogP contribution in [0, 0.1) is 0 Å². The Morgan fingerprint density at radius 2 is 1.58 bits per heavy atom. The number of benzene rings is 1. The van der Waals surface area contributed by atoms with Crippen LogP contribution >= 0.6 is 0 Å². The number of carbonyl (C=O) groups excluding carboxylic acids is 3. The lowest BCUT2D eigenvalue weighted by Gasteiger charge is -2.28. The highest BCUT2D eigenvalue weighted by Gasteiger charge is 2.12. The number of ether oxygens (including phenoxy) is 2. The van der Waals surface area contributed by atoms with Crippen LogP contribution in [-0.2, 0) is 23.9 Å². The molecular weight excluding hydrogens is 336 g/mol. The van der Waals surface area contributed by atoms with Gasteiger partial charge in [-0.15, -0.1) is 0 Å². The first-order valence-electron chi connectivity index (χ1n) is 9.04. The maximum absolute atomic E-state index is 11.9. The monoisotopic (exact) mass is 362 g/mol. The number of hydrogen-bond acceptors (Lipinski definition) is 6. The molecule has 1 aliphatic rings. The molecule has 0 radical (unpaired) electrons. The van der Waals surface area contributed by atoms with Crippen molar-refractivity contribution in [1.82, 2.24) is 0 Å². The summed E-state index contributed by atoms with van der Waals surface area (Å²) in [5.74, 6) is -1.48. The van der Waals surface area contributed by atoms with Gasteiger partial charge in [0.05, 0.1) is 19.4 Å². The van der Waals surface area contributed by atoms with E-state index in [2.05, 4.69) is 10.2 Å². The summed E-state index contributed by atoms with van der Waals surface area (Å²) in [6.07, 6.45) is 3.55. The van der Waals surface area contributed by atoms with Crippen LogP contribution in [0.15, 0.2) is 24.3 Å². The van der Waals surface area contributed by atoms with E-state index in [1.807, 2.05) is 24.3 Å². The van der Waals surface area contributed by atoms with E-state index in [1.165, 1.54) is 19.3 Å². The van der Waals surface area contributed by atoms with Crippen molar-refractivity contribution in [2.45, 2.75) is 39.0 Å². The minimum Gasteiger partial charge on any atom is -0.466 e. The Bertz CT molecular complexity index is 609. The molecule has 1 heterocycles. The highest BCUT2D eigenvalue weighted by atomic mass is 16.5. The summed E-state index contributed by atoms with van der Waals surface area (Å²) in [7, 11) is 0. The number of carbonyl (C=O) groups is 3. The van der Waals surface area contributed by atoms with Crippen LogP contribution in [0.5, 0.6) is 0 Å². The van der Waals surface area contributed by atoms with E-state index >= 15 is 0 Å². The van der Waals surface area contributed by atoms with Crippen LogP contribution in [0.1, 0.15) is 39.0 Å². The molecular formula is C19H26N2O5. The predicted octanol–water partition coefficient (Wildman–Crippen LogP) is 2.50. The van der Waals surface area contributed by atoms with Crippen molar-refractivity contribution in [2.24, 2.45) is 0 Å². The molecule has 1 N–H and O–H groups in total. The van der Waals surface area contributed by atoms with Crippen LogP contribution < -0.4 is 10.2 Å². The summed E-state index contributed by atoms with van der Waals surface area (Å²) >= 11 is 0. The van der Waals surface area contributed by atoms with Gasteiger partial charge < -0.3 is 19.7 Å². The number of amides is 1. The fourth-order valence-electron chi connectivity index (χ4n) is 2.76. The van der Waals surface area contributed by atoms with Crippen molar-refractivity contribution < 1.29 is 23.9 Å². The quantitative estimate of drug-likeness (QED) is 0.715. The average Bonchev–Trinajstić information content (AvgIpc) is 2.66. The van der Waals surface area contributed by atoms with Gasteiger partial charge in [0.1, 0.15) is 0 Å². The van der Waals surface area contributed by atoms with E-state index in [0.717, 1.165) is 18.8 Å². The van der Waals surface area contributed by atoms with Crippen molar-refractivity contribution in [3.63, 3.8) is 0 Å². The topological polar surface area (TPSA) is 84.9 Å². The molecule has 0 spiro atoms. The summed E-state index contributed by atoms with van der Waals surface area (Å²) in [5.41, 5.74) is 1.80. The molecule has 1 amide bonds. The molecule has 26 heavy (non-hydrogen) atoms. The zero-order valence-corrected chi connectivity index (χ0v) is 15.2. The molecule has 0 bridgehead atoms. The first-order chi connectivity index (χ1) is 12.6. The van der Waals surface area contributed by atoms with Gasteiger partial charge in [-0.25, -0.2) is 0 Å². The molecule has 1 aromatic carbocycles. The third kappa shape index (κ3) is 6.74. The van der Waals surface area contributed by atoms with Gasteiger partial charge in [0.2, 0.25) is 0 Å². The third-order valence-corrected chi connectivity index (χ3v) is 4.08. The van der Waals surface area contributed by atoms with Gasteiger partial charge in [0.25, 0.3) is 5.91 Å².